The third kappa shape index (κ3) is 4.78. The highest BCUT2D eigenvalue weighted by Crippen LogP contribution is 2.25. The second-order valence-electron chi connectivity index (χ2n) is 5.36. The van der Waals surface area contributed by atoms with Gasteiger partial charge >= 0.3 is 0 Å². The van der Waals surface area contributed by atoms with Crippen LogP contribution in [0, 0.1) is 5.41 Å². The lowest BCUT2D eigenvalue weighted by atomic mass is 9.93. The van der Waals surface area contributed by atoms with Gasteiger partial charge in [-0.1, -0.05) is 32.4 Å². The second-order valence-corrected chi connectivity index (χ2v) is 5.79. The van der Waals surface area contributed by atoms with Crippen molar-refractivity contribution in [3.05, 3.63) is 28.8 Å². The van der Waals surface area contributed by atoms with E-state index in [1.165, 1.54) is 6.92 Å². The van der Waals surface area contributed by atoms with E-state index in [0.29, 0.717) is 22.9 Å². The van der Waals surface area contributed by atoms with Crippen LogP contribution in [0.15, 0.2) is 18.2 Å². The zero-order chi connectivity index (χ0) is 13.1. The number of carbonyl (C=O) groups excluding carboxylic acids is 1. The van der Waals surface area contributed by atoms with Gasteiger partial charge < -0.3 is 4.74 Å². The highest BCUT2D eigenvalue weighted by atomic mass is 35.5. The Morgan fingerprint density at radius 2 is 2.00 bits per heavy atom. The molecule has 0 aliphatic rings. The molecule has 94 valence electrons. The first-order valence-electron chi connectivity index (χ1n) is 5.73. The maximum Gasteiger partial charge on any atom is 0.163 e. The maximum absolute atomic E-state index is 11.4. The van der Waals surface area contributed by atoms with Crippen LogP contribution in [0.3, 0.4) is 0 Å². The second kappa shape index (κ2) is 5.54. The van der Waals surface area contributed by atoms with Gasteiger partial charge in [0.1, 0.15) is 5.75 Å². The predicted molar refractivity (Wildman–Crippen MR) is 71.0 cm³/mol. The molecule has 0 radical (unpaired) electrons. The summed E-state index contributed by atoms with van der Waals surface area (Å²) < 4.78 is 5.65. The van der Waals surface area contributed by atoms with Crippen LogP contribution < -0.4 is 4.74 Å². The fourth-order valence-corrected chi connectivity index (χ4v) is 1.54. The number of ketones is 1. The molecule has 0 saturated carbocycles. The summed E-state index contributed by atoms with van der Waals surface area (Å²) in [5.74, 6) is 0.587. The highest BCUT2D eigenvalue weighted by Gasteiger charge is 2.12. The van der Waals surface area contributed by atoms with Crippen LogP contribution in [0.1, 0.15) is 44.5 Å². The molecule has 0 aromatic heterocycles. The topological polar surface area (TPSA) is 26.3 Å². The third-order valence-electron chi connectivity index (χ3n) is 2.43. The Morgan fingerprint density at radius 1 is 1.35 bits per heavy atom. The van der Waals surface area contributed by atoms with Crippen LogP contribution in [-0.4, -0.2) is 12.4 Å². The average Bonchev–Trinajstić information content (AvgIpc) is 2.18. The fraction of sp³-hybridized carbons (Fsp3) is 0.500. The Balaban J connectivity index is 2.74. The molecular formula is C14H19ClO2. The van der Waals surface area contributed by atoms with Crippen molar-refractivity contribution in [1.29, 1.82) is 0 Å². The molecule has 0 unspecified atom stereocenters. The molecule has 0 heterocycles. The summed E-state index contributed by atoms with van der Waals surface area (Å²) in [5, 5.41) is 0.554. The molecule has 0 aliphatic heterocycles. The van der Waals surface area contributed by atoms with Gasteiger partial charge in [-0.15, -0.1) is 0 Å². The summed E-state index contributed by atoms with van der Waals surface area (Å²) in [5.41, 5.74) is 0.773. The normalized spacial score (nSPS) is 11.4. The smallest absolute Gasteiger partial charge is 0.163 e. The van der Waals surface area contributed by atoms with Gasteiger partial charge in [0.05, 0.1) is 12.2 Å². The lowest BCUT2D eigenvalue weighted by Crippen LogP contribution is -2.12. The van der Waals surface area contributed by atoms with Gasteiger partial charge in [-0.25, -0.2) is 0 Å². The first kappa shape index (κ1) is 14.0. The molecule has 0 bridgehead atoms. The summed E-state index contributed by atoms with van der Waals surface area (Å²) in [6.45, 7) is 8.59. The SMILES string of the molecule is CC(=O)c1cc(Cl)ccc1OCCC(C)(C)C. The van der Waals surface area contributed by atoms with E-state index in [9.17, 15) is 4.79 Å². The van der Waals surface area contributed by atoms with Crippen LogP contribution in [0.2, 0.25) is 5.02 Å². The van der Waals surface area contributed by atoms with Crippen LogP contribution >= 0.6 is 11.6 Å². The van der Waals surface area contributed by atoms with Crippen molar-refractivity contribution in [2.45, 2.75) is 34.1 Å². The zero-order valence-corrected chi connectivity index (χ0v) is 11.6. The number of rotatable bonds is 4. The first-order chi connectivity index (χ1) is 7.79. The minimum absolute atomic E-state index is 0.0294. The number of Topliss-reactive ketones (excluding diaryl/α,β-unsaturated/α-hetero) is 1. The van der Waals surface area contributed by atoms with Crippen LogP contribution in [0.4, 0.5) is 0 Å². The van der Waals surface area contributed by atoms with Gasteiger partial charge in [0.2, 0.25) is 0 Å². The highest BCUT2D eigenvalue weighted by molar-refractivity contribution is 6.31. The minimum Gasteiger partial charge on any atom is -0.493 e. The van der Waals surface area contributed by atoms with Gasteiger partial charge in [-0.3, -0.25) is 4.79 Å². The monoisotopic (exact) mass is 254 g/mol. The summed E-state index contributed by atoms with van der Waals surface area (Å²) >= 11 is 5.86. The van der Waals surface area contributed by atoms with Crippen molar-refractivity contribution in [3.8, 4) is 5.75 Å². The molecule has 17 heavy (non-hydrogen) atoms. The van der Waals surface area contributed by atoms with Crippen LogP contribution in [0.5, 0.6) is 5.75 Å². The predicted octanol–water partition coefficient (Wildman–Crippen LogP) is 4.36. The van der Waals surface area contributed by atoms with Crippen molar-refractivity contribution < 1.29 is 9.53 Å². The molecule has 2 nitrogen and oxygen atoms in total. The quantitative estimate of drug-likeness (QED) is 0.747. The van der Waals surface area contributed by atoms with E-state index in [1.807, 2.05) is 0 Å². The number of hydrogen-bond acceptors (Lipinski definition) is 2. The van der Waals surface area contributed by atoms with Gasteiger partial charge in [-0.05, 0) is 37.0 Å². The van der Waals surface area contributed by atoms with Crippen molar-refractivity contribution in [3.63, 3.8) is 0 Å². The molecule has 0 fully saturated rings. The molecule has 0 amide bonds. The van der Waals surface area contributed by atoms with Gasteiger partial charge in [0.15, 0.2) is 5.78 Å². The number of halogens is 1. The fourth-order valence-electron chi connectivity index (χ4n) is 1.37. The number of carbonyl (C=O) groups is 1. The number of hydrogen-bond donors (Lipinski definition) is 0. The molecule has 1 aromatic rings. The Hall–Kier alpha value is -1.02. The van der Waals surface area contributed by atoms with Crippen molar-refractivity contribution in [1.82, 2.24) is 0 Å². The lowest BCUT2D eigenvalue weighted by molar-refractivity contribution is 0.101. The van der Waals surface area contributed by atoms with Crippen molar-refractivity contribution >= 4 is 17.4 Å². The minimum atomic E-state index is -0.0294. The molecule has 0 saturated heterocycles. The largest absolute Gasteiger partial charge is 0.493 e. The van der Waals surface area contributed by atoms with Crippen LogP contribution in [-0.2, 0) is 0 Å². The third-order valence-corrected chi connectivity index (χ3v) is 2.67. The Kier molecular flexibility index (Phi) is 4.58. The lowest BCUT2D eigenvalue weighted by Gasteiger charge is -2.18. The molecule has 1 aromatic carbocycles. The molecule has 1 rings (SSSR count). The Morgan fingerprint density at radius 3 is 2.53 bits per heavy atom. The molecule has 0 atom stereocenters. The van der Waals surface area contributed by atoms with E-state index in [4.69, 9.17) is 16.3 Å². The summed E-state index contributed by atoms with van der Waals surface area (Å²) in [6.07, 6.45) is 0.937. The zero-order valence-electron chi connectivity index (χ0n) is 10.8. The van der Waals surface area contributed by atoms with Crippen molar-refractivity contribution in [2.24, 2.45) is 5.41 Å². The molecule has 0 aliphatic carbocycles. The van der Waals surface area contributed by atoms with E-state index in [1.54, 1.807) is 18.2 Å². The van der Waals surface area contributed by atoms with Gasteiger partial charge in [0, 0.05) is 5.02 Å². The molecule has 0 N–H and O–H groups in total. The molecule has 0 spiro atoms. The summed E-state index contributed by atoms with van der Waals surface area (Å²) in [4.78, 5) is 11.4. The Bertz CT molecular complexity index is 405. The van der Waals surface area contributed by atoms with Gasteiger partial charge in [0.25, 0.3) is 0 Å². The first-order valence-corrected chi connectivity index (χ1v) is 6.11. The van der Waals surface area contributed by atoms with E-state index in [2.05, 4.69) is 20.8 Å². The van der Waals surface area contributed by atoms with Crippen molar-refractivity contribution in [2.75, 3.05) is 6.61 Å². The molecule has 3 heteroatoms. The van der Waals surface area contributed by atoms with E-state index in [0.717, 1.165) is 6.42 Å². The number of ether oxygens (including phenoxy) is 1. The average molecular weight is 255 g/mol. The van der Waals surface area contributed by atoms with E-state index < -0.39 is 0 Å². The van der Waals surface area contributed by atoms with Crippen LogP contribution in [0.25, 0.3) is 0 Å². The number of benzene rings is 1. The maximum atomic E-state index is 11.4. The van der Waals surface area contributed by atoms with Gasteiger partial charge in [-0.2, -0.15) is 0 Å². The summed E-state index contributed by atoms with van der Waals surface area (Å²) in [7, 11) is 0. The molecular weight excluding hydrogens is 236 g/mol. The van der Waals surface area contributed by atoms with E-state index >= 15 is 0 Å². The Labute approximate surface area is 108 Å². The standard InChI is InChI=1S/C14H19ClO2/c1-10(16)12-9-11(15)5-6-13(12)17-8-7-14(2,3)4/h5-6,9H,7-8H2,1-4H3. The summed E-state index contributed by atoms with van der Waals surface area (Å²) in [6, 6.07) is 5.14. The van der Waals surface area contributed by atoms with E-state index in [-0.39, 0.29) is 11.2 Å².